The van der Waals surface area contributed by atoms with Gasteiger partial charge in [0, 0.05) is 34.0 Å². The van der Waals surface area contributed by atoms with Crippen molar-refractivity contribution in [1.82, 2.24) is 19.9 Å². The summed E-state index contributed by atoms with van der Waals surface area (Å²) in [5.74, 6) is 0.759. The summed E-state index contributed by atoms with van der Waals surface area (Å²) in [5, 5.41) is 14.2. The predicted molar refractivity (Wildman–Crippen MR) is 115 cm³/mol. The molecule has 152 valence electrons. The second kappa shape index (κ2) is 7.14. The van der Waals surface area contributed by atoms with E-state index in [2.05, 4.69) is 21.0 Å². The Morgan fingerprint density at radius 3 is 2.83 bits per heavy atom. The number of aryl methyl sites for hydroxylation is 1. The number of aromatic nitrogens is 3. The summed E-state index contributed by atoms with van der Waals surface area (Å²) in [5.41, 5.74) is 3.55. The molecule has 3 heterocycles. The van der Waals surface area contributed by atoms with Crippen LogP contribution in [0.3, 0.4) is 0 Å². The van der Waals surface area contributed by atoms with Crippen molar-refractivity contribution in [3.63, 3.8) is 0 Å². The Morgan fingerprint density at radius 1 is 1.27 bits per heavy atom. The zero-order chi connectivity index (χ0) is 20.8. The fraction of sp³-hybridized carbons (Fsp3) is 0.238. The standard InChI is InChI=1S/C21H19ClN6O2/c1-11-2-3-14(22)8-16(11)25-17-9-18(24-15-4-5-15)28-20(26-17)13(10-23-28)6-12-7-19(29)27-21(12)30/h2-3,6,8-10,15,24H,4-5,7H2,1H3,(H,25,26)(H,27,29,30). The first-order valence-corrected chi connectivity index (χ1v) is 10.1. The van der Waals surface area contributed by atoms with Gasteiger partial charge in [0.25, 0.3) is 5.91 Å². The Hall–Kier alpha value is -3.39. The average molecular weight is 423 g/mol. The molecule has 0 unspecified atom stereocenters. The van der Waals surface area contributed by atoms with Crippen molar-refractivity contribution in [2.75, 3.05) is 10.6 Å². The number of amides is 2. The number of nitrogens with one attached hydrogen (secondary N) is 3. The lowest BCUT2D eigenvalue weighted by atomic mass is 10.1. The SMILES string of the molecule is Cc1ccc(Cl)cc1Nc1cc(NC2CC2)n2ncc(C=C3CC(=O)NC3=O)c2n1. The van der Waals surface area contributed by atoms with Crippen LogP contribution in [0.1, 0.15) is 30.4 Å². The van der Waals surface area contributed by atoms with Gasteiger partial charge in [0.2, 0.25) is 5.91 Å². The van der Waals surface area contributed by atoms with E-state index in [1.165, 1.54) is 0 Å². The van der Waals surface area contributed by atoms with Gasteiger partial charge in [-0.25, -0.2) is 4.98 Å². The monoisotopic (exact) mass is 422 g/mol. The van der Waals surface area contributed by atoms with E-state index in [1.54, 1.807) is 16.8 Å². The molecule has 1 saturated carbocycles. The van der Waals surface area contributed by atoms with Crippen LogP contribution in [0.15, 0.2) is 36.0 Å². The maximum atomic E-state index is 12.0. The van der Waals surface area contributed by atoms with E-state index in [4.69, 9.17) is 16.6 Å². The number of imide groups is 1. The third-order valence-corrected chi connectivity index (χ3v) is 5.35. The molecule has 3 N–H and O–H groups in total. The van der Waals surface area contributed by atoms with Gasteiger partial charge < -0.3 is 10.6 Å². The van der Waals surface area contributed by atoms with Gasteiger partial charge in [-0.15, -0.1) is 0 Å². The third-order valence-electron chi connectivity index (χ3n) is 5.12. The molecule has 3 aromatic rings. The summed E-state index contributed by atoms with van der Waals surface area (Å²) in [7, 11) is 0. The van der Waals surface area contributed by atoms with E-state index in [0.717, 1.165) is 29.9 Å². The molecule has 30 heavy (non-hydrogen) atoms. The molecule has 2 amide bonds. The molecular formula is C21H19ClN6O2. The topological polar surface area (TPSA) is 100 Å². The van der Waals surface area contributed by atoms with Gasteiger partial charge in [0.15, 0.2) is 5.65 Å². The van der Waals surface area contributed by atoms with Gasteiger partial charge >= 0.3 is 0 Å². The van der Waals surface area contributed by atoms with Gasteiger partial charge in [-0.1, -0.05) is 17.7 Å². The molecule has 1 aliphatic carbocycles. The lowest BCUT2D eigenvalue weighted by Crippen LogP contribution is -2.19. The van der Waals surface area contributed by atoms with Gasteiger partial charge in [0.1, 0.15) is 11.6 Å². The Morgan fingerprint density at radius 2 is 2.10 bits per heavy atom. The number of hydrogen-bond acceptors (Lipinski definition) is 6. The number of nitrogens with zero attached hydrogens (tertiary/aromatic N) is 3. The molecule has 5 rings (SSSR count). The van der Waals surface area contributed by atoms with E-state index < -0.39 is 0 Å². The lowest BCUT2D eigenvalue weighted by molar-refractivity contribution is -0.124. The smallest absolute Gasteiger partial charge is 0.254 e. The van der Waals surface area contributed by atoms with Crippen LogP contribution in [-0.4, -0.2) is 32.5 Å². The number of fused-ring (bicyclic) bond motifs is 1. The minimum atomic E-state index is -0.375. The van der Waals surface area contributed by atoms with Gasteiger partial charge in [-0.3, -0.25) is 14.9 Å². The maximum Gasteiger partial charge on any atom is 0.254 e. The number of carbonyl (C=O) groups excluding carboxylic acids is 2. The molecule has 0 bridgehead atoms. The second-order valence-corrected chi connectivity index (χ2v) is 8.02. The van der Waals surface area contributed by atoms with Crippen molar-refractivity contribution >= 4 is 52.5 Å². The van der Waals surface area contributed by atoms with Crippen molar-refractivity contribution in [1.29, 1.82) is 0 Å². The highest BCUT2D eigenvalue weighted by molar-refractivity contribution is 6.30. The van der Waals surface area contributed by atoms with Crippen molar-refractivity contribution in [3.05, 3.63) is 52.2 Å². The average Bonchev–Trinajstić information content (AvgIpc) is 3.34. The highest BCUT2D eigenvalue weighted by Crippen LogP contribution is 2.30. The second-order valence-electron chi connectivity index (χ2n) is 7.59. The van der Waals surface area contributed by atoms with Crippen LogP contribution in [0.4, 0.5) is 17.3 Å². The highest BCUT2D eigenvalue weighted by Gasteiger charge is 2.25. The summed E-state index contributed by atoms with van der Waals surface area (Å²) >= 11 is 6.15. The van der Waals surface area contributed by atoms with Crippen LogP contribution >= 0.6 is 11.6 Å². The summed E-state index contributed by atoms with van der Waals surface area (Å²) in [4.78, 5) is 28.2. The molecular weight excluding hydrogens is 404 g/mol. The number of hydrogen-bond donors (Lipinski definition) is 3. The van der Waals surface area contributed by atoms with E-state index in [0.29, 0.717) is 33.7 Å². The van der Waals surface area contributed by atoms with Gasteiger partial charge in [0.05, 0.1) is 12.6 Å². The predicted octanol–water partition coefficient (Wildman–Crippen LogP) is 3.44. The number of carbonyl (C=O) groups is 2. The first-order valence-electron chi connectivity index (χ1n) is 9.69. The molecule has 2 aliphatic rings. The largest absolute Gasteiger partial charge is 0.367 e. The molecule has 2 fully saturated rings. The van der Waals surface area contributed by atoms with E-state index >= 15 is 0 Å². The lowest BCUT2D eigenvalue weighted by Gasteiger charge is -2.13. The summed E-state index contributed by atoms with van der Waals surface area (Å²) < 4.78 is 1.72. The Kier molecular flexibility index (Phi) is 4.43. The quantitative estimate of drug-likeness (QED) is 0.430. The van der Waals surface area contributed by atoms with Crippen LogP contribution < -0.4 is 16.0 Å². The Labute approximate surface area is 177 Å². The molecule has 1 aliphatic heterocycles. The zero-order valence-electron chi connectivity index (χ0n) is 16.2. The number of benzene rings is 1. The van der Waals surface area contributed by atoms with Crippen LogP contribution in [0.5, 0.6) is 0 Å². The molecule has 0 atom stereocenters. The summed E-state index contributed by atoms with van der Waals surface area (Å²) in [6, 6.07) is 7.96. The first-order chi connectivity index (χ1) is 14.5. The number of rotatable bonds is 5. The number of halogens is 1. The molecule has 1 aromatic carbocycles. The summed E-state index contributed by atoms with van der Waals surface area (Å²) in [6.07, 6.45) is 5.60. The molecule has 1 saturated heterocycles. The van der Waals surface area contributed by atoms with Crippen LogP contribution in [-0.2, 0) is 9.59 Å². The van der Waals surface area contributed by atoms with Crippen molar-refractivity contribution < 1.29 is 9.59 Å². The minimum Gasteiger partial charge on any atom is -0.367 e. The normalized spacial score (nSPS) is 17.6. The van der Waals surface area contributed by atoms with Crippen molar-refractivity contribution in [2.24, 2.45) is 0 Å². The third kappa shape index (κ3) is 3.61. The van der Waals surface area contributed by atoms with Crippen LogP contribution in [0.2, 0.25) is 5.02 Å². The molecule has 9 heteroatoms. The van der Waals surface area contributed by atoms with E-state index in [1.807, 2.05) is 31.2 Å². The summed E-state index contributed by atoms with van der Waals surface area (Å²) in [6.45, 7) is 1.99. The molecule has 8 nitrogen and oxygen atoms in total. The first kappa shape index (κ1) is 18.6. The van der Waals surface area contributed by atoms with Crippen LogP contribution in [0.25, 0.3) is 11.7 Å². The van der Waals surface area contributed by atoms with E-state index in [9.17, 15) is 9.59 Å². The molecule has 0 radical (unpaired) electrons. The minimum absolute atomic E-state index is 0.0585. The fourth-order valence-corrected chi connectivity index (χ4v) is 3.53. The van der Waals surface area contributed by atoms with Crippen molar-refractivity contribution in [2.45, 2.75) is 32.2 Å². The molecule has 2 aromatic heterocycles. The fourth-order valence-electron chi connectivity index (χ4n) is 3.36. The van der Waals surface area contributed by atoms with Gasteiger partial charge in [-0.2, -0.15) is 9.61 Å². The maximum absolute atomic E-state index is 12.0. The van der Waals surface area contributed by atoms with Gasteiger partial charge in [-0.05, 0) is 43.5 Å². The Balaban J connectivity index is 1.59. The number of anilines is 3. The van der Waals surface area contributed by atoms with E-state index in [-0.39, 0.29) is 18.2 Å². The molecule has 0 spiro atoms. The zero-order valence-corrected chi connectivity index (χ0v) is 17.0. The highest BCUT2D eigenvalue weighted by atomic mass is 35.5. The van der Waals surface area contributed by atoms with Crippen LogP contribution in [0, 0.1) is 6.92 Å². The van der Waals surface area contributed by atoms with Crippen molar-refractivity contribution in [3.8, 4) is 0 Å². The Bertz CT molecular complexity index is 1230.